The minimum atomic E-state index is -0.230. The molecule has 0 aliphatic carbocycles. The molecule has 0 unspecified atom stereocenters. The Morgan fingerprint density at radius 2 is 2.42 bits per heavy atom. The van der Waals surface area contributed by atoms with Crippen molar-refractivity contribution < 1.29 is 5.11 Å². The zero-order chi connectivity index (χ0) is 9.14. The van der Waals surface area contributed by atoms with E-state index in [1.54, 1.807) is 11.3 Å². The summed E-state index contributed by atoms with van der Waals surface area (Å²) in [7, 11) is 0. The third-order valence-corrected chi connectivity index (χ3v) is 4.04. The number of aliphatic hydroxyl groups is 1. The second-order valence-electron chi connectivity index (χ2n) is 2.56. The van der Waals surface area contributed by atoms with Crippen molar-refractivity contribution in [1.82, 2.24) is 0 Å². The molecule has 2 nitrogen and oxygen atoms in total. The first-order valence-electron chi connectivity index (χ1n) is 3.83. The lowest BCUT2D eigenvalue weighted by atomic mass is 10.3. The molecule has 1 rings (SSSR count). The first kappa shape index (κ1) is 10.2. The molecule has 0 aliphatic heterocycles. The molecule has 0 saturated heterocycles. The quantitative estimate of drug-likeness (QED) is 0.862. The van der Waals surface area contributed by atoms with E-state index in [4.69, 9.17) is 10.8 Å². The molecule has 0 spiro atoms. The van der Waals surface area contributed by atoms with E-state index in [-0.39, 0.29) is 12.6 Å². The van der Waals surface area contributed by atoms with E-state index >= 15 is 0 Å². The number of halogens is 1. The van der Waals surface area contributed by atoms with Crippen molar-refractivity contribution in [1.29, 1.82) is 0 Å². The molecule has 0 aliphatic rings. The molecule has 1 atom stereocenters. The SMILES string of the molecule is CCc1sc([C@H](N)CO)cc1Br. The van der Waals surface area contributed by atoms with E-state index in [1.807, 2.05) is 6.07 Å². The molecule has 0 aromatic carbocycles. The van der Waals surface area contributed by atoms with Gasteiger partial charge in [-0.05, 0) is 28.4 Å². The van der Waals surface area contributed by atoms with Crippen LogP contribution in [0.25, 0.3) is 0 Å². The molecule has 0 bridgehead atoms. The van der Waals surface area contributed by atoms with Gasteiger partial charge in [-0.25, -0.2) is 0 Å². The third-order valence-electron chi connectivity index (χ3n) is 1.66. The summed E-state index contributed by atoms with van der Waals surface area (Å²) in [6.45, 7) is 2.11. The zero-order valence-corrected chi connectivity index (χ0v) is 9.28. The van der Waals surface area contributed by atoms with Gasteiger partial charge in [-0.3, -0.25) is 0 Å². The van der Waals surface area contributed by atoms with Gasteiger partial charge in [0.05, 0.1) is 12.6 Å². The molecule has 4 heteroatoms. The van der Waals surface area contributed by atoms with E-state index in [9.17, 15) is 0 Å². The summed E-state index contributed by atoms with van der Waals surface area (Å²) >= 11 is 5.11. The zero-order valence-electron chi connectivity index (χ0n) is 6.88. The van der Waals surface area contributed by atoms with Gasteiger partial charge in [0.1, 0.15) is 0 Å². The smallest absolute Gasteiger partial charge is 0.0632 e. The number of thiophene rings is 1. The van der Waals surface area contributed by atoms with Crippen molar-refractivity contribution in [3.8, 4) is 0 Å². The Hall–Kier alpha value is 0.100. The highest BCUT2D eigenvalue weighted by molar-refractivity contribution is 9.10. The van der Waals surface area contributed by atoms with E-state index in [0.29, 0.717) is 0 Å². The Morgan fingerprint density at radius 3 is 2.83 bits per heavy atom. The highest BCUT2D eigenvalue weighted by Crippen LogP contribution is 2.30. The van der Waals surface area contributed by atoms with Gasteiger partial charge in [0.25, 0.3) is 0 Å². The maximum Gasteiger partial charge on any atom is 0.0632 e. The summed E-state index contributed by atoms with van der Waals surface area (Å²) in [5.74, 6) is 0. The first-order chi connectivity index (χ1) is 5.69. The lowest BCUT2D eigenvalue weighted by molar-refractivity contribution is 0.269. The number of aliphatic hydroxyl groups excluding tert-OH is 1. The van der Waals surface area contributed by atoms with Gasteiger partial charge in [0.2, 0.25) is 0 Å². The summed E-state index contributed by atoms with van der Waals surface area (Å²) in [6.07, 6.45) is 1.00. The Kier molecular flexibility index (Phi) is 3.71. The van der Waals surface area contributed by atoms with Crippen LogP contribution in [0.2, 0.25) is 0 Å². The number of aryl methyl sites for hydroxylation is 1. The molecule has 0 saturated carbocycles. The van der Waals surface area contributed by atoms with E-state index in [2.05, 4.69) is 22.9 Å². The summed E-state index contributed by atoms with van der Waals surface area (Å²) in [6, 6.07) is 1.76. The standard InChI is InChI=1S/C8H12BrNOS/c1-2-7-5(9)3-8(12-7)6(10)4-11/h3,6,11H,2,4,10H2,1H3/t6-/m1/s1. The van der Waals surface area contributed by atoms with Gasteiger partial charge in [-0.1, -0.05) is 6.92 Å². The predicted octanol–water partition coefficient (Wildman–Crippen LogP) is 2.07. The van der Waals surface area contributed by atoms with Crippen LogP contribution in [0.3, 0.4) is 0 Å². The average Bonchev–Trinajstić information content (AvgIpc) is 2.45. The lowest BCUT2D eigenvalue weighted by Gasteiger charge is -2.02. The van der Waals surface area contributed by atoms with Crippen molar-refractivity contribution in [2.45, 2.75) is 19.4 Å². The second kappa shape index (κ2) is 4.37. The van der Waals surface area contributed by atoms with Crippen LogP contribution in [0, 0.1) is 0 Å². The molecular weight excluding hydrogens is 238 g/mol. The number of nitrogens with two attached hydrogens (primary N) is 1. The van der Waals surface area contributed by atoms with Crippen LogP contribution < -0.4 is 5.73 Å². The summed E-state index contributed by atoms with van der Waals surface area (Å²) in [4.78, 5) is 2.33. The lowest BCUT2D eigenvalue weighted by Crippen LogP contribution is -2.12. The van der Waals surface area contributed by atoms with Gasteiger partial charge in [0.15, 0.2) is 0 Å². The molecular formula is C8H12BrNOS. The monoisotopic (exact) mass is 249 g/mol. The Labute approximate surface area is 84.5 Å². The van der Waals surface area contributed by atoms with Crippen LogP contribution in [0.1, 0.15) is 22.7 Å². The largest absolute Gasteiger partial charge is 0.394 e. The van der Waals surface area contributed by atoms with Crippen molar-refractivity contribution in [3.05, 3.63) is 20.3 Å². The van der Waals surface area contributed by atoms with E-state index < -0.39 is 0 Å². The second-order valence-corrected chi connectivity index (χ2v) is 4.59. The molecule has 0 radical (unpaired) electrons. The van der Waals surface area contributed by atoms with Gasteiger partial charge >= 0.3 is 0 Å². The predicted molar refractivity (Wildman–Crippen MR) is 55.4 cm³/mol. The summed E-state index contributed by atoms with van der Waals surface area (Å²) in [5, 5.41) is 8.83. The average molecular weight is 250 g/mol. The van der Waals surface area contributed by atoms with Crippen LogP contribution in [-0.4, -0.2) is 11.7 Å². The summed E-state index contributed by atoms with van der Waals surface area (Å²) < 4.78 is 1.11. The highest BCUT2D eigenvalue weighted by Gasteiger charge is 2.10. The first-order valence-corrected chi connectivity index (χ1v) is 5.44. The fourth-order valence-corrected chi connectivity index (χ4v) is 2.85. The van der Waals surface area contributed by atoms with Crippen LogP contribution in [0.4, 0.5) is 0 Å². The number of hydrogen-bond acceptors (Lipinski definition) is 3. The Morgan fingerprint density at radius 1 is 1.75 bits per heavy atom. The molecule has 1 aromatic heterocycles. The molecule has 0 amide bonds. The molecule has 3 N–H and O–H groups in total. The summed E-state index contributed by atoms with van der Waals surface area (Å²) in [5.41, 5.74) is 5.67. The number of hydrogen-bond donors (Lipinski definition) is 2. The van der Waals surface area contributed by atoms with E-state index in [1.165, 1.54) is 4.88 Å². The fraction of sp³-hybridized carbons (Fsp3) is 0.500. The maximum atomic E-state index is 8.83. The fourth-order valence-electron chi connectivity index (χ4n) is 0.940. The van der Waals surface area contributed by atoms with Crippen molar-refractivity contribution in [3.63, 3.8) is 0 Å². The van der Waals surface area contributed by atoms with Crippen molar-refractivity contribution in [2.75, 3.05) is 6.61 Å². The molecule has 1 heterocycles. The molecule has 1 aromatic rings. The van der Waals surface area contributed by atoms with Gasteiger partial charge in [-0.15, -0.1) is 11.3 Å². The molecule has 0 fully saturated rings. The van der Waals surface area contributed by atoms with Crippen LogP contribution >= 0.6 is 27.3 Å². The Balaban J connectivity index is 2.88. The number of rotatable bonds is 3. The minimum Gasteiger partial charge on any atom is -0.394 e. The van der Waals surface area contributed by atoms with Crippen LogP contribution in [0.5, 0.6) is 0 Å². The van der Waals surface area contributed by atoms with Gasteiger partial charge in [0, 0.05) is 14.2 Å². The van der Waals surface area contributed by atoms with Crippen molar-refractivity contribution in [2.24, 2.45) is 5.73 Å². The van der Waals surface area contributed by atoms with Gasteiger partial charge in [-0.2, -0.15) is 0 Å². The highest BCUT2D eigenvalue weighted by atomic mass is 79.9. The van der Waals surface area contributed by atoms with Crippen LogP contribution in [0.15, 0.2) is 10.5 Å². The Bertz CT molecular complexity index is 262. The van der Waals surface area contributed by atoms with Crippen molar-refractivity contribution >= 4 is 27.3 Å². The molecule has 12 heavy (non-hydrogen) atoms. The third kappa shape index (κ3) is 2.07. The normalized spacial score (nSPS) is 13.3. The van der Waals surface area contributed by atoms with E-state index in [0.717, 1.165) is 15.8 Å². The molecule has 68 valence electrons. The minimum absolute atomic E-state index is 0.0100. The topological polar surface area (TPSA) is 46.2 Å². The van der Waals surface area contributed by atoms with Crippen LogP contribution in [-0.2, 0) is 6.42 Å². The maximum absolute atomic E-state index is 8.83. The van der Waals surface area contributed by atoms with Gasteiger partial charge < -0.3 is 10.8 Å².